The average Bonchev–Trinajstić information content (AvgIpc) is 2.62. The molecule has 0 aromatic carbocycles. The predicted molar refractivity (Wildman–Crippen MR) is 99.4 cm³/mol. The minimum atomic E-state index is -1.30. The van der Waals surface area contributed by atoms with Gasteiger partial charge < -0.3 is 33.5 Å². The lowest BCUT2D eigenvalue weighted by Crippen LogP contribution is -2.63. The molecule has 0 unspecified atom stereocenters. The van der Waals surface area contributed by atoms with Crippen molar-refractivity contribution in [3.05, 3.63) is 0 Å². The highest BCUT2D eigenvalue weighted by Crippen LogP contribution is 2.30. The smallest absolute Gasteiger partial charge is 0.303 e. The van der Waals surface area contributed by atoms with E-state index in [4.69, 9.17) is 33.5 Å². The number of carboxylic acid groups (broad SMARTS) is 1. The fourth-order valence-electron chi connectivity index (χ4n) is 2.90. The standard InChI is InChI=1S/C19H28O12/c1-10(20)27-9-14-16(28-11(2)21)17(29-12(3)22)18(30-13(4)23)19(31-14)26-8-6-5-7-15(24)25/h14,16-19H,5-9H2,1-4H3,(H,24,25)/t14-,16-,17+,18-,19-/m1/s1. The van der Waals surface area contributed by atoms with Crippen molar-refractivity contribution in [1.29, 1.82) is 0 Å². The minimum absolute atomic E-state index is 0.0427. The molecule has 1 N–H and O–H groups in total. The highest BCUT2D eigenvalue weighted by atomic mass is 16.7. The zero-order valence-electron chi connectivity index (χ0n) is 17.9. The Labute approximate surface area is 179 Å². The molecule has 1 aliphatic heterocycles. The quantitative estimate of drug-likeness (QED) is 0.262. The minimum Gasteiger partial charge on any atom is -0.481 e. The van der Waals surface area contributed by atoms with E-state index in [1.54, 1.807) is 0 Å². The van der Waals surface area contributed by atoms with Crippen molar-refractivity contribution in [3.8, 4) is 0 Å². The van der Waals surface area contributed by atoms with Crippen LogP contribution in [0, 0.1) is 0 Å². The number of carboxylic acids is 1. The normalized spacial score (nSPS) is 25.2. The van der Waals surface area contributed by atoms with Crippen molar-refractivity contribution in [3.63, 3.8) is 0 Å². The third-order valence-electron chi connectivity index (χ3n) is 4.02. The first-order valence-corrected chi connectivity index (χ1v) is 9.65. The lowest BCUT2D eigenvalue weighted by atomic mass is 9.98. The molecule has 0 aromatic rings. The number of hydrogen-bond donors (Lipinski definition) is 1. The lowest BCUT2D eigenvalue weighted by Gasteiger charge is -2.44. The van der Waals surface area contributed by atoms with Gasteiger partial charge in [0.15, 0.2) is 24.6 Å². The van der Waals surface area contributed by atoms with Gasteiger partial charge in [0.2, 0.25) is 0 Å². The fraction of sp³-hybridized carbons (Fsp3) is 0.737. The molecule has 0 aliphatic carbocycles. The molecule has 12 heteroatoms. The van der Waals surface area contributed by atoms with E-state index in [1.165, 1.54) is 6.92 Å². The molecule has 0 amide bonds. The Morgan fingerprint density at radius 3 is 1.84 bits per heavy atom. The lowest BCUT2D eigenvalue weighted by molar-refractivity contribution is -0.308. The molecule has 1 rings (SSSR count). The first-order chi connectivity index (χ1) is 14.5. The molecule has 0 saturated carbocycles. The van der Waals surface area contributed by atoms with Crippen molar-refractivity contribution in [2.45, 2.75) is 77.7 Å². The largest absolute Gasteiger partial charge is 0.481 e. The van der Waals surface area contributed by atoms with Crippen LogP contribution in [0.25, 0.3) is 0 Å². The van der Waals surface area contributed by atoms with Gasteiger partial charge in [0.25, 0.3) is 0 Å². The van der Waals surface area contributed by atoms with Crippen LogP contribution in [0.2, 0.25) is 0 Å². The summed E-state index contributed by atoms with van der Waals surface area (Å²) in [5, 5.41) is 8.71. The van der Waals surface area contributed by atoms with E-state index in [0.29, 0.717) is 12.8 Å². The maximum atomic E-state index is 11.7. The van der Waals surface area contributed by atoms with E-state index in [2.05, 4.69) is 0 Å². The Kier molecular flexibility index (Phi) is 10.9. The molecule has 1 saturated heterocycles. The number of unbranched alkanes of at least 4 members (excludes halogenated alkanes) is 1. The van der Waals surface area contributed by atoms with E-state index >= 15 is 0 Å². The molecule has 0 spiro atoms. The third-order valence-corrected chi connectivity index (χ3v) is 4.02. The Balaban J connectivity index is 3.11. The molecule has 12 nitrogen and oxygen atoms in total. The summed E-state index contributed by atoms with van der Waals surface area (Å²) < 4.78 is 32.1. The maximum Gasteiger partial charge on any atom is 0.303 e. The van der Waals surface area contributed by atoms with Gasteiger partial charge in [-0.05, 0) is 12.8 Å². The number of esters is 4. The fourth-order valence-corrected chi connectivity index (χ4v) is 2.90. The Morgan fingerprint density at radius 1 is 0.774 bits per heavy atom. The molecule has 1 heterocycles. The van der Waals surface area contributed by atoms with Crippen LogP contribution in [0.15, 0.2) is 0 Å². The van der Waals surface area contributed by atoms with Gasteiger partial charge in [0.05, 0.1) is 0 Å². The number of hydrogen-bond acceptors (Lipinski definition) is 11. The molecule has 5 atom stereocenters. The predicted octanol–water partition coefficient (Wildman–Crippen LogP) is 0.341. The van der Waals surface area contributed by atoms with Crippen LogP contribution in [0.5, 0.6) is 0 Å². The number of rotatable bonds is 11. The van der Waals surface area contributed by atoms with Gasteiger partial charge in [0.1, 0.15) is 12.7 Å². The number of aliphatic carboxylic acids is 1. The van der Waals surface area contributed by atoms with E-state index in [9.17, 15) is 24.0 Å². The summed E-state index contributed by atoms with van der Waals surface area (Å²) in [6.45, 7) is 4.23. The van der Waals surface area contributed by atoms with Gasteiger partial charge in [-0.1, -0.05) is 0 Å². The van der Waals surface area contributed by atoms with Gasteiger partial charge in [-0.15, -0.1) is 0 Å². The van der Waals surface area contributed by atoms with Crippen LogP contribution < -0.4 is 0 Å². The van der Waals surface area contributed by atoms with Gasteiger partial charge in [-0.3, -0.25) is 24.0 Å². The van der Waals surface area contributed by atoms with E-state index in [-0.39, 0.29) is 19.6 Å². The monoisotopic (exact) mass is 448 g/mol. The first-order valence-electron chi connectivity index (χ1n) is 9.65. The van der Waals surface area contributed by atoms with Crippen molar-refractivity contribution >= 4 is 29.8 Å². The summed E-state index contributed by atoms with van der Waals surface area (Å²) in [5.41, 5.74) is 0. The first kappa shape index (κ1) is 26.3. The second-order valence-electron chi connectivity index (χ2n) is 6.79. The molecule has 1 aliphatic rings. The summed E-state index contributed by atoms with van der Waals surface area (Å²) in [5.74, 6) is -3.78. The van der Waals surface area contributed by atoms with Crippen molar-refractivity contribution < 1.29 is 57.5 Å². The number of ether oxygens (including phenoxy) is 6. The Bertz CT molecular complexity index is 660. The van der Waals surface area contributed by atoms with Gasteiger partial charge >= 0.3 is 29.8 Å². The van der Waals surface area contributed by atoms with E-state index < -0.39 is 60.6 Å². The average molecular weight is 448 g/mol. The van der Waals surface area contributed by atoms with Crippen molar-refractivity contribution in [2.24, 2.45) is 0 Å². The Morgan fingerprint density at radius 2 is 1.32 bits per heavy atom. The Hall–Kier alpha value is -2.73. The topological polar surface area (TPSA) is 161 Å². The van der Waals surface area contributed by atoms with Crippen LogP contribution in [-0.4, -0.2) is 78.9 Å². The zero-order valence-corrected chi connectivity index (χ0v) is 17.9. The SMILES string of the molecule is CC(=O)OC[C@H]1O[C@@H](OCCCCC(=O)O)[C@H](OC(C)=O)[C@@H](OC(C)=O)[C@@H]1OC(C)=O. The van der Waals surface area contributed by atoms with Gasteiger partial charge in [0, 0.05) is 40.7 Å². The third kappa shape index (κ3) is 9.75. The summed E-state index contributed by atoms with van der Waals surface area (Å²) >= 11 is 0. The summed E-state index contributed by atoms with van der Waals surface area (Å²) in [6, 6.07) is 0. The van der Waals surface area contributed by atoms with E-state index in [0.717, 1.165) is 20.8 Å². The molecule has 1 fully saturated rings. The van der Waals surface area contributed by atoms with E-state index in [1.807, 2.05) is 0 Å². The maximum absolute atomic E-state index is 11.7. The van der Waals surface area contributed by atoms with Crippen LogP contribution in [0.1, 0.15) is 47.0 Å². The highest BCUT2D eigenvalue weighted by Gasteiger charge is 2.52. The highest BCUT2D eigenvalue weighted by molar-refractivity contribution is 5.68. The summed E-state index contributed by atoms with van der Waals surface area (Å²) in [6.07, 6.45) is -5.56. The second kappa shape index (κ2) is 12.8. The molecule has 0 bridgehead atoms. The van der Waals surface area contributed by atoms with Crippen LogP contribution in [0.3, 0.4) is 0 Å². The molecular weight excluding hydrogens is 420 g/mol. The molecule has 0 aromatic heterocycles. The van der Waals surface area contributed by atoms with Crippen LogP contribution in [0.4, 0.5) is 0 Å². The summed E-state index contributed by atoms with van der Waals surface area (Å²) in [4.78, 5) is 56.8. The van der Waals surface area contributed by atoms with Crippen molar-refractivity contribution in [2.75, 3.05) is 13.2 Å². The van der Waals surface area contributed by atoms with Crippen molar-refractivity contribution in [1.82, 2.24) is 0 Å². The van der Waals surface area contributed by atoms with Crippen LogP contribution in [-0.2, 0) is 52.4 Å². The second-order valence-corrected chi connectivity index (χ2v) is 6.79. The van der Waals surface area contributed by atoms with Crippen LogP contribution >= 0.6 is 0 Å². The molecular formula is C19H28O12. The number of carbonyl (C=O) groups is 5. The number of carbonyl (C=O) groups excluding carboxylic acids is 4. The van der Waals surface area contributed by atoms with Gasteiger partial charge in [-0.25, -0.2) is 0 Å². The molecule has 0 radical (unpaired) electrons. The summed E-state index contributed by atoms with van der Waals surface area (Å²) in [7, 11) is 0. The molecule has 176 valence electrons. The molecule has 31 heavy (non-hydrogen) atoms. The zero-order chi connectivity index (χ0) is 23.6. The van der Waals surface area contributed by atoms with Gasteiger partial charge in [-0.2, -0.15) is 0 Å².